The number of carbonyl (C=O) groups excluding carboxylic acids is 1. The molecule has 0 saturated heterocycles. The number of H-pyrrole nitrogens is 1. The number of nitrogens with zero attached hydrogens (tertiary/aromatic N) is 3. The summed E-state index contributed by atoms with van der Waals surface area (Å²) in [5, 5.41) is 1.76. The van der Waals surface area contributed by atoms with E-state index in [1.165, 1.54) is 16.9 Å². The summed E-state index contributed by atoms with van der Waals surface area (Å²) in [7, 11) is 0. The van der Waals surface area contributed by atoms with E-state index in [2.05, 4.69) is 39.0 Å². The highest BCUT2D eigenvalue weighted by atomic mass is 32.1. The lowest BCUT2D eigenvalue weighted by Crippen LogP contribution is -2.05. The van der Waals surface area contributed by atoms with Crippen molar-refractivity contribution >= 4 is 17.1 Å². The van der Waals surface area contributed by atoms with Gasteiger partial charge in [0.25, 0.3) is 0 Å². The fourth-order valence-electron chi connectivity index (χ4n) is 2.70. The molecule has 128 valence electrons. The van der Waals surface area contributed by atoms with Crippen molar-refractivity contribution in [2.45, 2.75) is 13.3 Å². The van der Waals surface area contributed by atoms with Crippen LogP contribution in [0.2, 0.25) is 0 Å². The summed E-state index contributed by atoms with van der Waals surface area (Å²) < 4.78 is 0. The summed E-state index contributed by atoms with van der Waals surface area (Å²) >= 11 is 1.42. The zero-order valence-electron chi connectivity index (χ0n) is 14.1. The van der Waals surface area contributed by atoms with E-state index in [1.54, 1.807) is 23.3 Å². The van der Waals surface area contributed by atoms with Gasteiger partial charge in [-0.25, -0.2) is 9.97 Å². The average Bonchev–Trinajstić information content (AvgIpc) is 3.35. The Kier molecular flexibility index (Phi) is 4.41. The number of nitrogens with one attached hydrogen (secondary N) is 1. The summed E-state index contributed by atoms with van der Waals surface area (Å²) in [6, 6.07) is 12.0. The number of aromatic nitrogens is 4. The maximum absolute atomic E-state index is 12.1. The molecule has 4 rings (SSSR count). The van der Waals surface area contributed by atoms with Crippen LogP contribution in [-0.4, -0.2) is 25.7 Å². The Morgan fingerprint density at radius 3 is 2.73 bits per heavy atom. The number of pyridine rings is 1. The molecule has 0 bridgehead atoms. The molecule has 0 saturated carbocycles. The maximum Gasteiger partial charge on any atom is 0.187 e. The topological polar surface area (TPSA) is 71.5 Å². The molecular weight excluding hydrogens is 344 g/mol. The van der Waals surface area contributed by atoms with Gasteiger partial charge in [0, 0.05) is 28.4 Å². The molecule has 0 aliphatic heterocycles. The Bertz CT molecular complexity index is 1040. The van der Waals surface area contributed by atoms with Crippen LogP contribution in [0.5, 0.6) is 0 Å². The fraction of sp³-hybridized carbons (Fsp3) is 0.100. The third kappa shape index (κ3) is 3.45. The zero-order chi connectivity index (χ0) is 17.9. The van der Waals surface area contributed by atoms with Gasteiger partial charge in [0.2, 0.25) is 0 Å². The summed E-state index contributed by atoms with van der Waals surface area (Å²) in [6.07, 6.45) is 3.81. The van der Waals surface area contributed by atoms with Gasteiger partial charge in [-0.3, -0.25) is 9.78 Å². The Labute approximate surface area is 154 Å². The van der Waals surface area contributed by atoms with Gasteiger partial charge < -0.3 is 4.98 Å². The Balaban J connectivity index is 1.51. The number of rotatable bonds is 5. The van der Waals surface area contributed by atoms with Crippen LogP contribution < -0.4 is 0 Å². The molecule has 0 atom stereocenters. The Morgan fingerprint density at radius 2 is 2.00 bits per heavy atom. The van der Waals surface area contributed by atoms with Gasteiger partial charge in [0.05, 0.1) is 23.8 Å². The normalized spacial score (nSPS) is 10.8. The molecule has 0 fully saturated rings. The number of ketones is 1. The molecule has 0 aliphatic rings. The summed E-state index contributed by atoms with van der Waals surface area (Å²) in [5.41, 5.74) is 6.95. The fourth-order valence-corrected chi connectivity index (χ4v) is 3.26. The number of thiazole rings is 1. The minimum absolute atomic E-state index is 0.0187. The van der Waals surface area contributed by atoms with Crippen molar-refractivity contribution < 1.29 is 4.79 Å². The zero-order valence-corrected chi connectivity index (χ0v) is 15.0. The lowest BCUT2D eigenvalue weighted by Gasteiger charge is -2.01. The SMILES string of the molecule is Cc1cccc(-c2ncc(-c3ccc(CC(=O)c4cscn4)nc3)[nH]2)c1. The molecule has 26 heavy (non-hydrogen) atoms. The van der Waals surface area contributed by atoms with Crippen molar-refractivity contribution in [2.24, 2.45) is 0 Å². The highest BCUT2D eigenvalue weighted by Crippen LogP contribution is 2.22. The Hall–Kier alpha value is -3.12. The number of hydrogen-bond acceptors (Lipinski definition) is 5. The smallest absolute Gasteiger partial charge is 0.187 e. The van der Waals surface area contributed by atoms with Crippen LogP contribution in [0.4, 0.5) is 0 Å². The predicted octanol–water partition coefficient (Wildman–Crippen LogP) is 4.33. The van der Waals surface area contributed by atoms with Crippen LogP contribution in [0.15, 0.2) is 59.7 Å². The van der Waals surface area contributed by atoms with Gasteiger partial charge in [-0.15, -0.1) is 11.3 Å². The first-order valence-electron chi connectivity index (χ1n) is 8.18. The van der Waals surface area contributed by atoms with Gasteiger partial charge in [-0.05, 0) is 25.1 Å². The highest BCUT2D eigenvalue weighted by Gasteiger charge is 2.11. The van der Waals surface area contributed by atoms with E-state index in [1.807, 2.05) is 24.3 Å². The van der Waals surface area contributed by atoms with Gasteiger partial charge >= 0.3 is 0 Å². The molecule has 1 N–H and O–H groups in total. The standard InChI is InChI=1S/C20H16N4OS/c1-13-3-2-4-14(7-13)20-22-10-17(24-20)15-5-6-16(21-9-15)8-19(25)18-11-26-12-23-18/h2-7,9-12H,8H2,1H3,(H,22,24). The first-order valence-corrected chi connectivity index (χ1v) is 9.12. The van der Waals surface area contributed by atoms with E-state index in [9.17, 15) is 4.79 Å². The molecule has 1 aromatic carbocycles. The van der Waals surface area contributed by atoms with Crippen molar-refractivity contribution in [1.29, 1.82) is 0 Å². The number of imidazole rings is 1. The number of benzene rings is 1. The van der Waals surface area contributed by atoms with Crippen molar-refractivity contribution in [2.75, 3.05) is 0 Å². The number of aryl methyl sites for hydroxylation is 1. The quantitative estimate of drug-likeness (QED) is 0.538. The summed E-state index contributed by atoms with van der Waals surface area (Å²) in [5.74, 6) is 0.807. The second-order valence-corrected chi connectivity index (χ2v) is 6.75. The first-order chi connectivity index (χ1) is 12.7. The van der Waals surface area contributed by atoms with Crippen LogP contribution >= 0.6 is 11.3 Å². The van der Waals surface area contributed by atoms with Gasteiger partial charge in [-0.2, -0.15) is 0 Å². The number of Topliss-reactive ketones (excluding diaryl/α,β-unsaturated/α-hetero) is 1. The minimum Gasteiger partial charge on any atom is -0.338 e. The molecule has 0 radical (unpaired) electrons. The van der Waals surface area contributed by atoms with Gasteiger partial charge in [-0.1, -0.05) is 23.8 Å². The predicted molar refractivity (Wildman–Crippen MR) is 102 cm³/mol. The largest absolute Gasteiger partial charge is 0.338 e. The molecule has 6 heteroatoms. The maximum atomic E-state index is 12.1. The molecule has 0 unspecified atom stereocenters. The first kappa shape index (κ1) is 16.4. The van der Waals surface area contributed by atoms with E-state index in [-0.39, 0.29) is 12.2 Å². The second-order valence-electron chi connectivity index (χ2n) is 6.03. The van der Waals surface area contributed by atoms with Crippen molar-refractivity contribution in [3.8, 4) is 22.6 Å². The van der Waals surface area contributed by atoms with Crippen LogP contribution in [0.25, 0.3) is 22.6 Å². The highest BCUT2D eigenvalue weighted by molar-refractivity contribution is 7.07. The van der Waals surface area contributed by atoms with E-state index in [4.69, 9.17) is 0 Å². The van der Waals surface area contributed by atoms with E-state index in [0.29, 0.717) is 5.69 Å². The number of hydrogen-bond donors (Lipinski definition) is 1. The number of carbonyl (C=O) groups is 1. The van der Waals surface area contributed by atoms with Crippen LogP contribution in [0.3, 0.4) is 0 Å². The molecule has 0 aliphatic carbocycles. The number of aromatic amines is 1. The molecule has 0 amide bonds. The summed E-state index contributed by atoms with van der Waals surface area (Å²) in [4.78, 5) is 28.3. The third-order valence-corrected chi connectivity index (χ3v) is 4.65. The minimum atomic E-state index is -0.0187. The van der Waals surface area contributed by atoms with Crippen LogP contribution in [-0.2, 0) is 6.42 Å². The van der Waals surface area contributed by atoms with Crippen molar-refractivity contribution in [1.82, 2.24) is 19.9 Å². The van der Waals surface area contributed by atoms with Gasteiger partial charge in [0.15, 0.2) is 5.78 Å². The van der Waals surface area contributed by atoms with Gasteiger partial charge in [0.1, 0.15) is 11.5 Å². The lowest BCUT2D eigenvalue weighted by atomic mass is 10.1. The molecular formula is C20H16N4OS. The monoisotopic (exact) mass is 360 g/mol. The Morgan fingerprint density at radius 1 is 1.08 bits per heavy atom. The van der Waals surface area contributed by atoms with E-state index < -0.39 is 0 Å². The van der Waals surface area contributed by atoms with E-state index in [0.717, 1.165) is 28.3 Å². The molecule has 3 heterocycles. The van der Waals surface area contributed by atoms with Crippen LogP contribution in [0.1, 0.15) is 21.7 Å². The van der Waals surface area contributed by atoms with E-state index >= 15 is 0 Å². The summed E-state index contributed by atoms with van der Waals surface area (Å²) in [6.45, 7) is 2.06. The molecule has 5 nitrogen and oxygen atoms in total. The molecule has 3 aromatic heterocycles. The molecule has 4 aromatic rings. The van der Waals surface area contributed by atoms with Crippen molar-refractivity contribution in [3.63, 3.8) is 0 Å². The van der Waals surface area contributed by atoms with Crippen LogP contribution in [0, 0.1) is 6.92 Å². The average molecular weight is 360 g/mol. The second kappa shape index (κ2) is 7.01. The molecule has 0 spiro atoms. The lowest BCUT2D eigenvalue weighted by molar-refractivity contribution is 0.0988. The third-order valence-electron chi connectivity index (χ3n) is 4.06. The van der Waals surface area contributed by atoms with Crippen molar-refractivity contribution in [3.05, 3.63) is 76.6 Å².